The zero-order chi connectivity index (χ0) is 16.1. The zero-order valence-corrected chi connectivity index (χ0v) is 14.8. The molecule has 4 rings (SSSR count). The van der Waals surface area contributed by atoms with Gasteiger partial charge in [-0.05, 0) is 43.4 Å². The fraction of sp³-hybridized carbons (Fsp3) is 0.824. The number of hydrogen-bond acceptors (Lipinski definition) is 4. The van der Waals surface area contributed by atoms with Crippen molar-refractivity contribution in [2.45, 2.75) is 18.9 Å². The zero-order valence-electron chi connectivity index (χ0n) is 14.0. The number of hydrogen-bond donors (Lipinski definition) is 2. The molecule has 5 nitrogen and oxygen atoms in total. The lowest BCUT2D eigenvalue weighted by Gasteiger charge is -2.49. The molecule has 4 heterocycles. The number of nitrogens with one attached hydrogen (secondary N) is 2. The summed E-state index contributed by atoms with van der Waals surface area (Å²) in [6.45, 7) is 13.1. The Balaban J connectivity index is 1.31. The molecule has 4 fully saturated rings. The molecule has 0 aromatic rings. The van der Waals surface area contributed by atoms with E-state index in [9.17, 15) is 0 Å². The number of ether oxygens (including phenoxy) is 1. The van der Waals surface area contributed by atoms with Gasteiger partial charge in [-0.25, -0.2) is 0 Å². The first-order valence-electron chi connectivity index (χ1n) is 8.94. The van der Waals surface area contributed by atoms with Crippen LogP contribution in [0, 0.1) is 11.8 Å². The Hall–Kier alpha value is -0.690. The molecule has 2 bridgehead atoms. The largest absolute Gasteiger partial charge is 0.379 e. The summed E-state index contributed by atoms with van der Waals surface area (Å²) in [6.07, 6.45) is 4.76. The number of nitrogens with zero attached hydrogens (tertiary/aromatic N) is 2. The maximum absolute atomic E-state index is 5.42. The third kappa shape index (κ3) is 4.66. The third-order valence-electron chi connectivity index (χ3n) is 5.55. The molecule has 130 valence electrons. The van der Waals surface area contributed by atoms with Crippen LogP contribution in [0.4, 0.5) is 0 Å². The number of piperidine rings is 3. The molecule has 4 aliphatic heterocycles. The van der Waals surface area contributed by atoms with Crippen molar-refractivity contribution in [2.24, 2.45) is 11.8 Å². The van der Waals surface area contributed by atoms with Crippen LogP contribution in [0.15, 0.2) is 12.7 Å². The second kappa shape index (κ2) is 8.42. The van der Waals surface area contributed by atoms with E-state index in [1.54, 1.807) is 0 Å². The summed E-state index contributed by atoms with van der Waals surface area (Å²) in [7, 11) is 0. The van der Waals surface area contributed by atoms with E-state index in [-0.39, 0.29) is 0 Å². The molecule has 0 aromatic heterocycles. The smallest absolute Gasteiger partial charge is 0.166 e. The van der Waals surface area contributed by atoms with Crippen molar-refractivity contribution >= 4 is 17.3 Å². The summed E-state index contributed by atoms with van der Waals surface area (Å²) in [5, 5.41) is 7.55. The van der Waals surface area contributed by atoms with E-state index in [1.165, 1.54) is 25.9 Å². The average Bonchev–Trinajstić information content (AvgIpc) is 2.61. The van der Waals surface area contributed by atoms with Gasteiger partial charge in [-0.2, -0.15) is 0 Å². The van der Waals surface area contributed by atoms with E-state index in [2.05, 4.69) is 33.1 Å². The Morgan fingerprint density at radius 1 is 1.26 bits per heavy atom. The quantitative estimate of drug-likeness (QED) is 0.548. The number of morpholine rings is 1. The van der Waals surface area contributed by atoms with Gasteiger partial charge in [-0.3, -0.25) is 9.80 Å². The molecule has 4 unspecified atom stereocenters. The summed E-state index contributed by atoms with van der Waals surface area (Å²) >= 11 is 5.42. The van der Waals surface area contributed by atoms with Crippen molar-refractivity contribution in [3.05, 3.63) is 12.7 Å². The molecule has 0 spiro atoms. The van der Waals surface area contributed by atoms with Crippen molar-refractivity contribution in [1.29, 1.82) is 0 Å². The van der Waals surface area contributed by atoms with E-state index in [1.807, 2.05) is 0 Å². The molecule has 4 atom stereocenters. The van der Waals surface area contributed by atoms with E-state index < -0.39 is 0 Å². The van der Waals surface area contributed by atoms with Crippen LogP contribution in [0.2, 0.25) is 0 Å². The van der Waals surface area contributed by atoms with Crippen LogP contribution >= 0.6 is 12.2 Å². The van der Waals surface area contributed by atoms with E-state index >= 15 is 0 Å². The van der Waals surface area contributed by atoms with E-state index in [4.69, 9.17) is 17.0 Å². The van der Waals surface area contributed by atoms with Gasteiger partial charge in [0.2, 0.25) is 0 Å². The highest BCUT2D eigenvalue weighted by Gasteiger charge is 2.38. The summed E-state index contributed by atoms with van der Waals surface area (Å²) < 4.78 is 5.36. The summed E-state index contributed by atoms with van der Waals surface area (Å²) in [6, 6.07) is 0.629. The van der Waals surface area contributed by atoms with Gasteiger partial charge >= 0.3 is 0 Å². The number of rotatable bonds is 6. The molecule has 2 N–H and O–H groups in total. The normalized spacial score (nSPS) is 34.1. The molecular formula is C17H30N4OS. The van der Waals surface area contributed by atoms with Gasteiger partial charge in [-0.15, -0.1) is 6.58 Å². The highest BCUT2D eigenvalue weighted by Crippen LogP contribution is 2.36. The topological polar surface area (TPSA) is 39.8 Å². The van der Waals surface area contributed by atoms with Crippen molar-refractivity contribution in [3.8, 4) is 0 Å². The van der Waals surface area contributed by atoms with Crippen LogP contribution in [0.1, 0.15) is 12.8 Å². The molecule has 6 heteroatoms. The Labute approximate surface area is 145 Å². The van der Waals surface area contributed by atoms with Gasteiger partial charge in [0.1, 0.15) is 0 Å². The van der Waals surface area contributed by atoms with Crippen LogP contribution in [-0.4, -0.2) is 80.0 Å². The summed E-state index contributed by atoms with van der Waals surface area (Å²) in [5.74, 6) is 1.52. The highest BCUT2D eigenvalue weighted by molar-refractivity contribution is 7.80. The van der Waals surface area contributed by atoms with Gasteiger partial charge in [0.05, 0.1) is 13.2 Å². The first-order chi connectivity index (χ1) is 11.3. The van der Waals surface area contributed by atoms with Gasteiger partial charge in [0.25, 0.3) is 0 Å². The Morgan fingerprint density at radius 2 is 2.09 bits per heavy atom. The molecule has 0 aliphatic carbocycles. The van der Waals surface area contributed by atoms with Gasteiger partial charge in [0, 0.05) is 45.3 Å². The average molecular weight is 339 g/mol. The fourth-order valence-corrected chi connectivity index (χ4v) is 4.27. The molecular weight excluding hydrogens is 308 g/mol. The van der Waals surface area contributed by atoms with E-state index in [0.717, 1.165) is 57.0 Å². The van der Waals surface area contributed by atoms with Gasteiger partial charge < -0.3 is 15.4 Å². The first-order valence-corrected chi connectivity index (χ1v) is 9.35. The molecule has 0 radical (unpaired) electrons. The number of thiocarbonyl (C=S) groups is 1. The minimum Gasteiger partial charge on any atom is -0.379 e. The predicted molar refractivity (Wildman–Crippen MR) is 97.6 cm³/mol. The van der Waals surface area contributed by atoms with E-state index in [0.29, 0.717) is 12.0 Å². The lowest BCUT2D eigenvalue weighted by molar-refractivity contribution is 0.0214. The molecule has 0 amide bonds. The standard InChI is InChI=1S/C17H30N4OS/c1-2-14-13-21-5-3-15(14)11-16(21)12-19-17(23)18-4-6-20-7-9-22-10-8-20/h2,14-16H,1,3-13H2,(H2,18,19,23). The van der Waals surface area contributed by atoms with Gasteiger partial charge in [-0.1, -0.05) is 6.08 Å². The lowest BCUT2D eigenvalue weighted by Crippen LogP contribution is -2.57. The minimum atomic E-state index is 0.629. The van der Waals surface area contributed by atoms with Gasteiger partial charge in [0.15, 0.2) is 5.11 Å². The van der Waals surface area contributed by atoms with Crippen LogP contribution in [-0.2, 0) is 4.74 Å². The molecule has 0 saturated carbocycles. The number of fused-ring (bicyclic) bond motifs is 3. The second-order valence-electron chi connectivity index (χ2n) is 6.92. The van der Waals surface area contributed by atoms with Crippen LogP contribution < -0.4 is 10.6 Å². The van der Waals surface area contributed by atoms with Crippen molar-refractivity contribution < 1.29 is 4.74 Å². The lowest BCUT2D eigenvalue weighted by atomic mass is 9.76. The van der Waals surface area contributed by atoms with Crippen molar-refractivity contribution in [1.82, 2.24) is 20.4 Å². The molecule has 0 aromatic carbocycles. The molecule has 23 heavy (non-hydrogen) atoms. The Kier molecular flexibility index (Phi) is 6.28. The van der Waals surface area contributed by atoms with Crippen molar-refractivity contribution in [2.75, 3.05) is 59.0 Å². The second-order valence-corrected chi connectivity index (χ2v) is 7.33. The van der Waals surface area contributed by atoms with Crippen LogP contribution in [0.25, 0.3) is 0 Å². The van der Waals surface area contributed by atoms with Crippen LogP contribution in [0.5, 0.6) is 0 Å². The predicted octanol–water partition coefficient (Wildman–Crippen LogP) is 0.679. The highest BCUT2D eigenvalue weighted by atomic mass is 32.1. The van der Waals surface area contributed by atoms with Crippen LogP contribution in [0.3, 0.4) is 0 Å². The Bertz CT molecular complexity index is 413. The maximum atomic E-state index is 5.42. The monoisotopic (exact) mass is 338 g/mol. The first kappa shape index (κ1) is 17.1. The summed E-state index contributed by atoms with van der Waals surface area (Å²) in [4.78, 5) is 5.02. The Morgan fingerprint density at radius 3 is 2.78 bits per heavy atom. The molecule has 4 aliphatic rings. The maximum Gasteiger partial charge on any atom is 0.166 e. The molecule has 4 saturated heterocycles. The SMILES string of the molecule is C=CC1CN2CCC1CC2CNC(=S)NCCN1CCOCC1. The van der Waals surface area contributed by atoms with Crippen molar-refractivity contribution in [3.63, 3.8) is 0 Å². The third-order valence-corrected chi connectivity index (χ3v) is 5.84. The fourth-order valence-electron chi connectivity index (χ4n) is 4.08. The summed E-state index contributed by atoms with van der Waals surface area (Å²) in [5.41, 5.74) is 0. The minimum absolute atomic E-state index is 0.629.